The van der Waals surface area contributed by atoms with E-state index in [4.69, 9.17) is 0 Å². The van der Waals surface area contributed by atoms with Gasteiger partial charge >= 0.3 is 0 Å². The minimum atomic E-state index is -0.144. The van der Waals surface area contributed by atoms with E-state index >= 15 is 0 Å². The van der Waals surface area contributed by atoms with Crippen LogP contribution in [0.5, 0.6) is 0 Å². The molecule has 3 heteroatoms. The highest BCUT2D eigenvalue weighted by Crippen LogP contribution is 2.31. The molecule has 19 heavy (non-hydrogen) atoms. The SMILES string of the molecule is CC(C)NCc1c(F)cccc1Sc1ccccc1. The van der Waals surface area contributed by atoms with Gasteiger partial charge in [-0.15, -0.1) is 0 Å². The topological polar surface area (TPSA) is 12.0 Å². The molecule has 0 amide bonds. The van der Waals surface area contributed by atoms with Gasteiger partial charge in [-0.05, 0) is 24.3 Å². The molecule has 0 aliphatic rings. The van der Waals surface area contributed by atoms with Crippen molar-refractivity contribution in [2.24, 2.45) is 0 Å². The quantitative estimate of drug-likeness (QED) is 0.863. The van der Waals surface area contributed by atoms with Crippen LogP contribution < -0.4 is 5.32 Å². The molecule has 0 saturated carbocycles. The molecule has 0 bridgehead atoms. The highest BCUT2D eigenvalue weighted by atomic mass is 32.2. The molecular formula is C16H18FNS. The molecule has 2 aromatic carbocycles. The molecule has 0 fully saturated rings. The van der Waals surface area contributed by atoms with Crippen LogP contribution in [0.25, 0.3) is 0 Å². The summed E-state index contributed by atoms with van der Waals surface area (Å²) in [4.78, 5) is 2.10. The highest BCUT2D eigenvalue weighted by Gasteiger charge is 2.10. The van der Waals surface area contributed by atoms with Gasteiger partial charge in [0.25, 0.3) is 0 Å². The largest absolute Gasteiger partial charge is 0.310 e. The first-order valence-corrected chi connectivity index (χ1v) is 7.22. The number of rotatable bonds is 5. The molecule has 0 aliphatic carbocycles. The lowest BCUT2D eigenvalue weighted by atomic mass is 10.2. The Morgan fingerprint density at radius 1 is 1.05 bits per heavy atom. The van der Waals surface area contributed by atoms with Crippen molar-refractivity contribution in [1.82, 2.24) is 5.32 Å². The molecular weight excluding hydrogens is 257 g/mol. The molecule has 0 radical (unpaired) electrons. The summed E-state index contributed by atoms with van der Waals surface area (Å²) in [5.41, 5.74) is 0.741. The van der Waals surface area contributed by atoms with E-state index in [1.165, 1.54) is 6.07 Å². The lowest BCUT2D eigenvalue weighted by Crippen LogP contribution is -2.22. The zero-order valence-corrected chi connectivity index (χ0v) is 12.0. The van der Waals surface area contributed by atoms with Crippen molar-refractivity contribution in [3.05, 3.63) is 59.9 Å². The fourth-order valence-electron chi connectivity index (χ4n) is 1.73. The first kappa shape index (κ1) is 14.1. The minimum absolute atomic E-state index is 0.144. The van der Waals surface area contributed by atoms with Crippen molar-refractivity contribution >= 4 is 11.8 Å². The molecule has 0 unspecified atom stereocenters. The second-order valence-electron chi connectivity index (χ2n) is 4.67. The molecule has 2 rings (SSSR count). The molecule has 0 heterocycles. The normalized spacial score (nSPS) is 10.9. The number of nitrogens with one attached hydrogen (secondary N) is 1. The summed E-state index contributed by atoms with van der Waals surface area (Å²) < 4.78 is 13.9. The third kappa shape index (κ3) is 4.08. The van der Waals surface area contributed by atoms with Crippen LogP contribution in [0.4, 0.5) is 4.39 Å². The zero-order chi connectivity index (χ0) is 13.7. The predicted octanol–water partition coefficient (Wildman–Crippen LogP) is 4.47. The van der Waals surface area contributed by atoms with Crippen LogP contribution in [0.2, 0.25) is 0 Å². The molecule has 0 atom stereocenters. The molecule has 0 aliphatic heterocycles. The van der Waals surface area contributed by atoms with Crippen LogP contribution in [-0.4, -0.2) is 6.04 Å². The molecule has 1 N–H and O–H groups in total. The van der Waals surface area contributed by atoms with E-state index in [9.17, 15) is 4.39 Å². The fourth-order valence-corrected chi connectivity index (χ4v) is 2.71. The number of hydrogen-bond donors (Lipinski definition) is 1. The van der Waals surface area contributed by atoms with E-state index in [2.05, 4.69) is 19.2 Å². The van der Waals surface area contributed by atoms with Crippen LogP contribution in [0.15, 0.2) is 58.3 Å². The van der Waals surface area contributed by atoms with Crippen molar-refractivity contribution in [1.29, 1.82) is 0 Å². The summed E-state index contributed by atoms with van der Waals surface area (Å²) in [5.74, 6) is -0.144. The molecule has 2 aromatic rings. The summed E-state index contributed by atoms with van der Waals surface area (Å²) in [5, 5.41) is 3.28. The third-order valence-electron chi connectivity index (χ3n) is 2.73. The Labute approximate surface area is 118 Å². The minimum Gasteiger partial charge on any atom is -0.310 e. The zero-order valence-electron chi connectivity index (χ0n) is 11.2. The lowest BCUT2D eigenvalue weighted by Gasteiger charge is -2.13. The van der Waals surface area contributed by atoms with Gasteiger partial charge in [0, 0.05) is 27.9 Å². The van der Waals surface area contributed by atoms with Gasteiger partial charge in [-0.3, -0.25) is 0 Å². The Bertz CT molecular complexity index is 526. The van der Waals surface area contributed by atoms with Crippen molar-refractivity contribution in [2.75, 3.05) is 0 Å². The Morgan fingerprint density at radius 3 is 2.47 bits per heavy atom. The van der Waals surface area contributed by atoms with Gasteiger partial charge in [-0.1, -0.05) is 49.9 Å². The third-order valence-corrected chi connectivity index (χ3v) is 3.84. The molecule has 0 spiro atoms. The van der Waals surface area contributed by atoms with Gasteiger partial charge in [0.1, 0.15) is 5.82 Å². The van der Waals surface area contributed by atoms with Gasteiger partial charge in [-0.25, -0.2) is 4.39 Å². The Hall–Kier alpha value is -1.32. The van der Waals surface area contributed by atoms with Gasteiger partial charge in [0.15, 0.2) is 0 Å². The average molecular weight is 275 g/mol. The number of benzene rings is 2. The first-order chi connectivity index (χ1) is 9.16. The standard InChI is InChI=1S/C16H18FNS/c1-12(2)18-11-14-15(17)9-6-10-16(14)19-13-7-4-3-5-8-13/h3-10,12,18H,11H2,1-2H3. The monoisotopic (exact) mass is 275 g/mol. The van der Waals surface area contributed by atoms with Crippen molar-refractivity contribution in [3.63, 3.8) is 0 Å². The summed E-state index contributed by atoms with van der Waals surface area (Å²) in [7, 11) is 0. The van der Waals surface area contributed by atoms with Crippen molar-refractivity contribution in [2.45, 2.75) is 36.2 Å². The van der Waals surface area contributed by atoms with E-state index in [-0.39, 0.29) is 5.82 Å². The van der Waals surface area contributed by atoms with E-state index in [1.54, 1.807) is 17.8 Å². The maximum Gasteiger partial charge on any atom is 0.128 e. The number of halogens is 1. The first-order valence-electron chi connectivity index (χ1n) is 6.40. The predicted molar refractivity (Wildman–Crippen MR) is 78.9 cm³/mol. The van der Waals surface area contributed by atoms with E-state index in [0.29, 0.717) is 12.6 Å². The Kier molecular flexibility index (Phi) is 5.00. The van der Waals surface area contributed by atoms with E-state index in [1.807, 2.05) is 36.4 Å². The molecule has 100 valence electrons. The van der Waals surface area contributed by atoms with E-state index < -0.39 is 0 Å². The van der Waals surface area contributed by atoms with Gasteiger partial charge in [-0.2, -0.15) is 0 Å². The maximum atomic E-state index is 13.9. The average Bonchev–Trinajstić information content (AvgIpc) is 2.39. The molecule has 0 saturated heterocycles. The highest BCUT2D eigenvalue weighted by molar-refractivity contribution is 7.99. The van der Waals surface area contributed by atoms with Crippen LogP contribution in [-0.2, 0) is 6.54 Å². The Morgan fingerprint density at radius 2 is 1.79 bits per heavy atom. The van der Waals surface area contributed by atoms with Crippen molar-refractivity contribution < 1.29 is 4.39 Å². The second kappa shape index (κ2) is 6.73. The van der Waals surface area contributed by atoms with Crippen LogP contribution in [0.3, 0.4) is 0 Å². The Balaban J connectivity index is 2.22. The lowest BCUT2D eigenvalue weighted by molar-refractivity contribution is 0.546. The summed E-state index contributed by atoms with van der Waals surface area (Å²) in [6.45, 7) is 4.68. The van der Waals surface area contributed by atoms with Gasteiger partial charge in [0.2, 0.25) is 0 Å². The fraction of sp³-hybridized carbons (Fsp3) is 0.250. The summed E-state index contributed by atoms with van der Waals surface area (Å²) in [6, 6.07) is 15.6. The molecule has 0 aromatic heterocycles. The van der Waals surface area contributed by atoms with Crippen LogP contribution >= 0.6 is 11.8 Å². The number of hydrogen-bond acceptors (Lipinski definition) is 2. The maximum absolute atomic E-state index is 13.9. The van der Waals surface area contributed by atoms with Gasteiger partial charge in [0.05, 0.1) is 0 Å². The second-order valence-corrected chi connectivity index (χ2v) is 5.78. The summed E-state index contributed by atoms with van der Waals surface area (Å²) in [6.07, 6.45) is 0. The van der Waals surface area contributed by atoms with Crippen molar-refractivity contribution in [3.8, 4) is 0 Å². The van der Waals surface area contributed by atoms with Gasteiger partial charge < -0.3 is 5.32 Å². The summed E-state index contributed by atoms with van der Waals surface area (Å²) >= 11 is 1.60. The van der Waals surface area contributed by atoms with E-state index in [0.717, 1.165) is 15.4 Å². The molecule has 1 nitrogen and oxygen atoms in total. The smallest absolute Gasteiger partial charge is 0.128 e. The van der Waals surface area contributed by atoms with Crippen LogP contribution in [0, 0.1) is 5.82 Å². The van der Waals surface area contributed by atoms with Crippen LogP contribution in [0.1, 0.15) is 19.4 Å².